The molecule has 1 saturated carbocycles. The molecule has 0 saturated heterocycles. The number of hydrogen-bond donors (Lipinski definition) is 1. The highest BCUT2D eigenvalue weighted by atomic mass is 32.1. The van der Waals surface area contributed by atoms with Gasteiger partial charge in [0.25, 0.3) is 0 Å². The number of fused-ring (bicyclic) bond motifs is 1. The first-order valence-electron chi connectivity index (χ1n) is 8.83. The van der Waals surface area contributed by atoms with Crippen molar-refractivity contribution in [3.8, 4) is 5.75 Å². The van der Waals surface area contributed by atoms with Crippen molar-refractivity contribution in [3.63, 3.8) is 0 Å². The number of benzene rings is 1. The Kier molecular flexibility index (Phi) is 4.83. The van der Waals surface area contributed by atoms with Gasteiger partial charge in [-0.05, 0) is 37.0 Å². The second-order valence-electron chi connectivity index (χ2n) is 6.47. The van der Waals surface area contributed by atoms with Crippen LogP contribution in [0, 0.1) is 0 Å². The largest absolute Gasteiger partial charge is 0.497 e. The second-order valence-corrected chi connectivity index (χ2v) is 7.51. The van der Waals surface area contributed by atoms with E-state index in [1.54, 1.807) is 7.11 Å². The summed E-state index contributed by atoms with van der Waals surface area (Å²) in [5.74, 6) is 2.36. The number of aryl methyl sites for hydroxylation is 1. The predicted octanol–water partition coefficient (Wildman–Crippen LogP) is 2.36. The summed E-state index contributed by atoms with van der Waals surface area (Å²) >= 11 is 1.51. The van der Waals surface area contributed by atoms with E-state index in [0.29, 0.717) is 25.3 Å². The summed E-state index contributed by atoms with van der Waals surface area (Å²) in [4.78, 5) is 12.9. The molecule has 1 fully saturated rings. The summed E-state index contributed by atoms with van der Waals surface area (Å²) in [7, 11) is 1.65. The summed E-state index contributed by atoms with van der Waals surface area (Å²) in [5, 5.41) is 16.9. The summed E-state index contributed by atoms with van der Waals surface area (Å²) in [6, 6.07) is 7.89. The lowest BCUT2D eigenvalue weighted by molar-refractivity contribution is -0.121. The molecular formula is C18H21N5O2S. The zero-order valence-electron chi connectivity index (χ0n) is 14.6. The molecular weight excluding hydrogens is 350 g/mol. The molecule has 3 aromatic rings. The highest BCUT2D eigenvalue weighted by molar-refractivity contribution is 7.16. The molecule has 1 aromatic carbocycles. The van der Waals surface area contributed by atoms with Crippen molar-refractivity contribution in [2.24, 2.45) is 0 Å². The highest BCUT2D eigenvalue weighted by Gasteiger charge is 2.30. The fraction of sp³-hybridized carbons (Fsp3) is 0.444. The summed E-state index contributed by atoms with van der Waals surface area (Å²) in [6.45, 7) is 0.614. The fourth-order valence-corrected chi connectivity index (χ4v) is 3.69. The van der Waals surface area contributed by atoms with Crippen molar-refractivity contribution in [2.75, 3.05) is 13.7 Å². The van der Waals surface area contributed by atoms with E-state index < -0.39 is 0 Å². The van der Waals surface area contributed by atoms with Crippen LogP contribution in [0.15, 0.2) is 24.3 Å². The van der Waals surface area contributed by atoms with Crippen LogP contribution in [0.3, 0.4) is 0 Å². The highest BCUT2D eigenvalue weighted by Crippen LogP contribution is 2.39. The monoisotopic (exact) mass is 371 g/mol. The first-order chi connectivity index (χ1) is 12.7. The van der Waals surface area contributed by atoms with E-state index in [1.807, 2.05) is 28.8 Å². The topological polar surface area (TPSA) is 81.4 Å². The van der Waals surface area contributed by atoms with Crippen molar-refractivity contribution >= 4 is 22.2 Å². The van der Waals surface area contributed by atoms with E-state index in [9.17, 15) is 4.79 Å². The molecule has 1 N–H and O–H groups in total. The number of amides is 1. The zero-order valence-corrected chi connectivity index (χ0v) is 15.5. The van der Waals surface area contributed by atoms with Gasteiger partial charge in [0, 0.05) is 25.3 Å². The Labute approximate surface area is 155 Å². The van der Waals surface area contributed by atoms with Gasteiger partial charge in [0.1, 0.15) is 10.8 Å². The van der Waals surface area contributed by atoms with Gasteiger partial charge in [0.05, 0.1) is 7.11 Å². The molecule has 2 aromatic heterocycles. The minimum Gasteiger partial charge on any atom is -0.497 e. The van der Waals surface area contributed by atoms with Gasteiger partial charge in [0.15, 0.2) is 5.82 Å². The van der Waals surface area contributed by atoms with Crippen LogP contribution in [0.2, 0.25) is 0 Å². The van der Waals surface area contributed by atoms with Crippen LogP contribution < -0.4 is 10.1 Å². The molecule has 7 nitrogen and oxygen atoms in total. The number of methoxy groups -OCH3 is 1. The summed E-state index contributed by atoms with van der Waals surface area (Å²) in [6.07, 6.45) is 4.18. The standard InChI is InChI=1S/C18H21N5O2S/c1-25-14-4-2-3-12(11-14)9-10-19-15(24)7-8-16-22-23-17(13-5-6-13)20-21-18(23)26-16/h2-4,11,13H,5-10H2,1H3,(H,19,24). The predicted molar refractivity (Wildman–Crippen MR) is 98.7 cm³/mol. The van der Waals surface area contributed by atoms with Crippen molar-refractivity contribution < 1.29 is 9.53 Å². The lowest BCUT2D eigenvalue weighted by atomic mass is 10.1. The lowest BCUT2D eigenvalue weighted by Crippen LogP contribution is -2.25. The van der Waals surface area contributed by atoms with Gasteiger partial charge in [-0.15, -0.1) is 10.2 Å². The number of nitrogens with one attached hydrogen (secondary N) is 1. The quantitative estimate of drug-likeness (QED) is 0.657. The molecule has 2 heterocycles. The van der Waals surface area contributed by atoms with Crippen molar-refractivity contribution in [3.05, 3.63) is 40.7 Å². The maximum absolute atomic E-state index is 12.1. The molecule has 0 atom stereocenters. The van der Waals surface area contributed by atoms with E-state index in [1.165, 1.54) is 24.2 Å². The molecule has 26 heavy (non-hydrogen) atoms. The number of aromatic nitrogens is 4. The average molecular weight is 371 g/mol. The van der Waals surface area contributed by atoms with Crippen LogP contribution in [0.25, 0.3) is 4.96 Å². The minimum absolute atomic E-state index is 0.0428. The lowest BCUT2D eigenvalue weighted by Gasteiger charge is -2.06. The maximum atomic E-state index is 12.1. The number of nitrogens with zero attached hydrogens (tertiary/aromatic N) is 4. The molecule has 0 radical (unpaired) electrons. The van der Waals surface area contributed by atoms with Crippen LogP contribution in [0.4, 0.5) is 0 Å². The van der Waals surface area contributed by atoms with E-state index in [2.05, 4.69) is 20.6 Å². The third kappa shape index (κ3) is 3.85. The van der Waals surface area contributed by atoms with E-state index in [0.717, 1.165) is 33.5 Å². The fourth-order valence-electron chi connectivity index (χ4n) is 2.85. The molecule has 8 heteroatoms. The molecule has 0 spiro atoms. The Morgan fingerprint density at radius 1 is 1.35 bits per heavy atom. The zero-order chi connectivity index (χ0) is 17.9. The van der Waals surface area contributed by atoms with Gasteiger partial charge in [0.2, 0.25) is 10.9 Å². The van der Waals surface area contributed by atoms with Crippen LogP contribution in [-0.4, -0.2) is 39.4 Å². The Morgan fingerprint density at radius 3 is 3.04 bits per heavy atom. The van der Waals surface area contributed by atoms with Gasteiger partial charge in [-0.3, -0.25) is 4.79 Å². The number of carbonyl (C=O) groups is 1. The third-order valence-electron chi connectivity index (χ3n) is 4.44. The number of rotatable bonds is 8. The number of carbonyl (C=O) groups excluding carboxylic acids is 1. The van der Waals surface area contributed by atoms with Crippen LogP contribution >= 0.6 is 11.3 Å². The Bertz CT molecular complexity index is 915. The molecule has 0 bridgehead atoms. The smallest absolute Gasteiger partial charge is 0.234 e. The van der Waals surface area contributed by atoms with E-state index in [-0.39, 0.29) is 5.91 Å². The Balaban J connectivity index is 1.24. The van der Waals surface area contributed by atoms with Gasteiger partial charge in [-0.2, -0.15) is 9.61 Å². The molecule has 136 valence electrons. The first-order valence-corrected chi connectivity index (χ1v) is 9.65. The van der Waals surface area contributed by atoms with E-state index >= 15 is 0 Å². The average Bonchev–Trinajstić information content (AvgIpc) is 3.29. The molecule has 0 unspecified atom stereocenters. The Morgan fingerprint density at radius 2 is 2.23 bits per heavy atom. The number of ether oxygens (including phenoxy) is 1. The minimum atomic E-state index is 0.0428. The van der Waals surface area contributed by atoms with Crippen LogP contribution in [0.5, 0.6) is 5.75 Å². The number of hydrogen-bond acceptors (Lipinski definition) is 6. The molecule has 1 aliphatic rings. The SMILES string of the molecule is COc1cccc(CCNC(=O)CCc2nn3c(C4CC4)nnc3s2)c1. The summed E-state index contributed by atoms with van der Waals surface area (Å²) in [5.41, 5.74) is 1.14. The van der Waals surface area contributed by atoms with Crippen LogP contribution in [-0.2, 0) is 17.6 Å². The van der Waals surface area contributed by atoms with E-state index in [4.69, 9.17) is 4.74 Å². The van der Waals surface area contributed by atoms with Crippen molar-refractivity contribution in [2.45, 2.75) is 38.0 Å². The second kappa shape index (κ2) is 7.41. The first kappa shape index (κ1) is 17.0. The maximum Gasteiger partial charge on any atom is 0.234 e. The van der Waals surface area contributed by atoms with Crippen LogP contribution in [0.1, 0.15) is 41.6 Å². The van der Waals surface area contributed by atoms with Crippen molar-refractivity contribution in [1.82, 2.24) is 25.1 Å². The van der Waals surface area contributed by atoms with Gasteiger partial charge >= 0.3 is 0 Å². The third-order valence-corrected chi connectivity index (χ3v) is 5.39. The molecule has 0 aliphatic heterocycles. The van der Waals surface area contributed by atoms with Gasteiger partial charge in [-0.25, -0.2) is 0 Å². The molecule has 1 aliphatic carbocycles. The Hall–Kier alpha value is -2.48. The van der Waals surface area contributed by atoms with Crippen molar-refractivity contribution in [1.29, 1.82) is 0 Å². The normalized spacial score (nSPS) is 13.9. The van der Waals surface area contributed by atoms with Gasteiger partial charge < -0.3 is 10.1 Å². The molecule has 4 rings (SSSR count). The summed E-state index contributed by atoms with van der Waals surface area (Å²) < 4.78 is 7.06. The molecule has 1 amide bonds. The van der Waals surface area contributed by atoms with Gasteiger partial charge in [-0.1, -0.05) is 23.5 Å².